The molecule has 1 aromatic carbocycles. The third-order valence-electron chi connectivity index (χ3n) is 2.93. The van der Waals surface area contributed by atoms with Crippen LogP contribution >= 0.6 is 0 Å². The molecular weight excluding hydrogens is 238 g/mol. The smallest absolute Gasteiger partial charge is 0.126 e. The van der Waals surface area contributed by atoms with Crippen LogP contribution in [0.25, 0.3) is 6.08 Å². The minimum atomic E-state index is 0.174. The van der Waals surface area contributed by atoms with Crippen molar-refractivity contribution in [2.24, 2.45) is 0 Å². The van der Waals surface area contributed by atoms with Gasteiger partial charge in [0.25, 0.3) is 0 Å². The van der Waals surface area contributed by atoms with Crippen molar-refractivity contribution in [1.29, 1.82) is 0 Å². The Labute approximate surface area is 113 Å². The van der Waals surface area contributed by atoms with Crippen LogP contribution in [0.5, 0.6) is 0 Å². The second-order valence-electron chi connectivity index (χ2n) is 4.30. The summed E-state index contributed by atoms with van der Waals surface area (Å²) in [7, 11) is 0. The van der Waals surface area contributed by atoms with Crippen LogP contribution in [0.1, 0.15) is 23.8 Å². The largest absolute Gasteiger partial charge is 0.465 e. The van der Waals surface area contributed by atoms with Crippen molar-refractivity contribution in [3.8, 4) is 0 Å². The molecule has 0 saturated carbocycles. The first-order valence-corrected chi connectivity index (χ1v) is 6.49. The fourth-order valence-corrected chi connectivity index (χ4v) is 1.97. The third kappa shape index (κ3) is 4.39. The molecule has 100 valence electrons. The normalized spacial score (nSPS) is 12.9. The molecule has 1 heterocycles. The van der Waals surface area contributed by atoms with Crippen molar-refractivity contribution >= 4 is 6.08 Å². The number of furan rings is 1. The van der Waals surface area contributed by atoms with E-state index in [4.69, 9.17) is 9.52 Å². The molecule has 0 radical (unpaired) electrons. The quantitative estimate of drug-likeness (QED) is 0.801. The van der Waals surface area contributed by atoms with Gasteiger partial charge in [0.05, 0.1) is 6.26 Å². The van der Waals surface area contributed by atoms with E-state index in [0.29, 0.717) is 6.42 Å². The lowest BCUT2D eigenvalue weighted by molar-refractivity contribution is 0.267. The molecule has 2 aromatic rings. The van der Waals surface area contributed by atoms with Crippen molar-refractivity contribution in [2.75, 3.05) is 13.2 Å². The summed E-state index contributed by atoms with van der Waals surface area (Å²) in [6, 6.07) is 14.1. The van der Waals surface area contributed by atoms with Gasteiger partial charge >= 0.3 is 0 Å². The van der Waals surface area contributed by atoms with E-state index in [0.717, 1.165) is 12.3 Å². The van der Waals surface area contributed by atoms with Crippen LogP contribution in [-0.4, -0.2) is 18.3 Å². The lowest BCUT2D eigenvalue weighted by Crippen LogP contribution is -2.22. The molecule has 1 atom stereocenters. The van der Waals surface area contributed by atoms with Crippen LogP contribution in [-0.2, 0) is 0 Å². The number of nitrogens with one attached hydrogen (secondary N) is 1. The molecule has 2 N–H and O–H groups in total. The van der Waals surface area contributed by atoms with Crippen LogP contribution < -0.4 is 5.32 Å². The van der Waals surface area contributed by atoms with Gasteiger partial charge in [0.15, 0.2) is 0 Å². The topological polar surface area (TPSA) is 45.4 Å². The van der Waals surface area contributed by atoms with Gasteiger partial charge in [0.2, 0.25) is 0 Å². The summed E-state index contributed by atoms with van der Waals surface area (Å²) < 4.78 is 5.22. The average molecular weight is 257 g/mol. The number of aliphatic hydroxyl groups is 1. The lowest BCUT2D eigenvalue weighted by atomic mass is 10.0. The molecule has 0 bridgehead atoms. The standard InChI is InChI=1S/C16H19NO2/c18-12-10-16(14-6-2-1-3-7-14)17-11-4-8-15-9-5-13-19-15/h1-9,13,16-18H,10-12H2/b8-4+/t16-/m1/s1. The predicted octanol–water partition coefficient (Wildman–Crippen LogP) is 3.01. The molecule has 0 spiro atoms. The summed E-state index contributed by atoms with van der Waals surface area (Å²) in [5.41, 5.74) is 1.20. The molecule has 0 amide bonds. The van der Waals surface area contributed by atoms with Crippen molar-refractivity contribution < 1.29 is 9.52 Å². The highest BCUT2D eigenvalue weighted by molar-refractivity contribution is 5.42. The number of benzene rings is 1. The first kappa shape index (κ1) is 13.6. The third-order valence-corrected chi connectivity index (χ3v) is 2.93. The van der Waals surface area contributed by atoms with Gasteiger partial charge in [-0.1, -0.05) is 36.4 Å². The molecule has 3 nitrogen and oxygen atoms in total. The van der Waals surface area contributed by atoms with Crippen LogP contribution in [0.3, 0.4) is 0 Å². The molecule has 19 heavy (non-hydrogen) atoms. The summed E-state index contributed by atoms with van der Waals surface area (Å²) in [6.45, 7) is 0.911. The Morgan fingerprint density at radius 1 is 1.16 bits per heavy atom. The average Bonchev–Trinajstić information content (AvgIpc) is 2.96. The molecule has 3 heteroatoms. The van der Waals surface area contributed by atoms with E-state index >= 15 is 0 Å². The summed E-state index contributed by atoms with van der Waals surface area (Å²) in [4.78, 5) is 0. The van der Waals surface area contributed by atoms with Gasteiger partial charge in [-0.2, -0.15) is 0 Å². The van der Waals surface area contributed by atoms with E-state index in [1.807, 2.05) is 42.5 Å². The van der Waals surface area contributed by atoms with Crippen LogP contribution in [0, 0.1) is 0 Å². The highest BCUT2D eigenvalue weighted by Gasteiger charge is 2.08. The number of aliphatic hydroxyl groups excluding tert-OH is 1. The van der Waals surface area contributed by atoms with E-state index in [1.54, 1.807) is 6.26 Å². The zero-order chi connectivity index (χ0) is 13.3. The number of hydrogen-bond acceptors (Lipinski definition) is 3. The monoisotopic (exact) mass is 257 g/mol. The summed E-state index contributed by atoms with van der Waals surface area (Å²) in [5, 5.41) is 12.5. The fraction of sp³-hybridized carbons (Fsp3) is 0.250. The SMILES string of the molecule is OCC[C@@H](NC/C=C/c1ccco1)c1ccccc1. The van der Waals surface area contributed by atoms with Gasteiger partial charge in [-0.05, 0) is 30.2 Å². The minimum absolute atomic E-state index is 0.174. The van der Waals surface area contributed by atoms with Crippen molar-refractivity contribution in [3.63, 3.8) is 0 Å². The Bertz CT molecular complexity index is 477. The molecule has 0 aliphatic rings. The second-order valence-corrected chi connectivity index (χ2v) is 4.30. The van der Waals surface area contributed by atoms with Gasteiger partial charge < -0.3 is 14.8 Å². The summed E-state index contributed by atoms with van der Waals surface area (Å²) in [6.07, 6.45) is 6.32. The Hall–Kier alpha value is -1.84. The molecule has 0 unspecified atom stereocenters. The van der Waals surface area contributed by atoms with Gasteiger partial charge in [-0.25, -0.2) is 0 Å². The zero-order valence-corrected chi connectivity index (χ0v) is 10.8. The lowest BCUT2D eigenvalue weighted by Gasteiger charge is -2.17. The zero-order valence-electron chi connectivity index (χ0n) is 10.8. The molecule has 0 saturated heterocycles. The number of hydrogen-bond donors (Lipinski definition) is 2. The maximum atomic E-state index is 9.13. The van der Waals surface area contributed by atoms with Gasteiger partial charge in [-0.3, -0.25) is 0 Å². The van der Waals surface area contributed by atoms with Gasteiger partial charge in [0, 0.05) is 19.2 Å². The number of rotatable bonds is 7. The second kappa shape index (κ2) is 7.56. The van der Waals surface area contributed by atoms with Crippen molar-refractivity contribution in [3.05, 3.63) is 66.1 Å². The van der Waals surface area contributed by atoms with Gasteiger partial charge in [-0.15, -0.1) is 0 Å². The van der Waals surface area contributed by atoms with E-state index < -0.39 is 0 Å². The maximum absolute atomic E-state index is 9.13. The van der Waals surface area contributed by atoms with E-state index in [9.17, 15) is 0 Å². The van der Waals surface area contributed by atoms with Crippen LogP contribution in [0.2, 0.25) is 0 Å². The highest BCUT2D eigenvalue weighted by Crippen LogP contribution is 2.15. The Morgan fingerprint density at radius 3 is 2.68 bits per heavy atom. The van der Waals surface area contributed by atoms with Crippen molar-refractivity contribution in [2.45, 2.75) is 12.5 Å². The van der Waals surface area contributed by atoms with E-state index in [2.05, 4.69) is 17.4 Å². The first-order chi connectivity index (χ1) is 9.40. The predicted molar refractivity (Wildman–Crippen MR) is 76.6 cm³/mol. The summed E-state index contributed by atoms with van der Waals surface area (Å²) in [5.74, 6) is 0.847. The molecular formula is C16H19NO2. The maximum Gasteiger partial charge on any atom is 0.126 e. The molecule has 2 rings (SSSR count). The van der Waals surface area contributed by atoms with Gasteiger partial charge in [0.1, 0.15) is 5.76 Å². The van der Waals surface area contributed by atoms with Crippen LogP contribution in [0.15, 0.2) is 59.2 Å². The van der Waals surface area contributed by atoms with Crippen LogP contribution in [0.4, 0.5) is 0 Å². The molecule has 0 fully saturated rings. The van der Waals surface area contributed by atoms with E-state index in [1.165, 1.54) is 5.56 Å². The Balaban J connectivity index is 1.87. The fourth-order valence-electron chi connectivity index (χ4n) is 1.97. The highest BCUT2D eigenvalue weighted by atomic mass is 16.3. The minimum Gasteiger partial charge on any atom is -0.465 e. The summed E-state index contributed by atoms with van der Waals surface area (Å²) >= 11 is 0. The molecule has 0 aliphatic heterocycles. The molecule has 0 aliphatic carbocycles. The Kier molecular flexibility index (Phi) is 5.41. The Morgan fingerprint density at radius 2 is 2.00 bits per heavy atom. The van der Waals surface area contributed by atoms with Crippen molar-refractivity contribution in [1.82, 2.24) is 5.32 Å². The first-order valence-electron chi connectivity index (χ1n) is 6.49. The van der Waals surface area contributed by atoms with E-state index in [-0.39, 0.29) is 12.6 Å². The molecule has 1 aromatic heterocycles.